The number of fused-ring (bicyclic) bond motifs is 1. The molecular formula is C16H9FO. The zero-order valence-electron chi connectivity index (χ0n) is 9.48. The first kappa shape index (κ1) is 10.6. The van der Waals surface area contributed by atoms with Crippen LogP contribution in [-0.2, 0) is 0 Å². The summed E-state index contributed by atoms with van der Waals surface area (Å²) in [6.07, 6.45) is 0. The fourth-order valence-corrected chi connectivity index (χ4v) is 1.71. The third kappa shape index (κ3) is 2.11. The Morgan fingerprint density at radius 3 is 2.44 bits per heavy atom. The third-order valence-electron chi connectivity index (χ3n) is 2.60. The Bertz CT molecular complexity index is 709. The standard InChI is InChI=1S/C16H9FO/c17-14-8-5-12(6-9-14)7-10-15-11-13-3-1-2-4-16(13)18-15/h1-6,8-9,11H. The second kappa shape index (κ2) is 4.38. The van der Waals surface area contributed by atoms with E-state index in [2.05, 4.69) is 11.8 Å². The van der Waals surface area contributed by atoms with Crippen LogP contribution in [0.4, 0.5) is 4.39 Å². The maximum atomic E-state index is 12.7. The van der Waals surface area contributed by atoms with Gasteiger partial charge in [-0.15, -0.1) is 0 Å². The molecule has 0 aliphatic rings. The van der Waals surface area contributed by atoms with Crippen molar-refractivity contribution in [2.75, 3.05) is 0 Å². The molecule has 0 fully saturated rings. The molecule has 86 valence electrons. The Hall–Kier alpha value is -2.53. The molecule has 0 spiro atoms. The Labute approximate surface area is 104 Å². The van der Waals surface area contributed by atoms with E-state index in [4.69, 9.17) is 4.42 Å². The maximum Gasteiger partial charge on any atom is 0.178 e. The topological polar surface area (TPSA) is 13.1 Å². The van der Waals surface area contributed by atoms with Crippen molar-refractivity contribution in [1.29, 1.82) is 0 Å². The molecule has 18 heavy (non-hydrogen) atoms. The van der Waals surface area contributed by atoms with E-state index in [0.717, 1.165) is 16.5 Å². The molecule has 2 heteroatoms. The summed E-state index contributed by atoms with van der Waals surface area (Å²) in [5.74, 6) is 6.22. The van der Waals surface area contributed by atoms with E-state index >= 15 is 0 Å². The van der Waals surface area contributed by atoms with Gasteiger partial charge in [0.15, 0.2) is 5.76 Å². The third-order valence-corrected chi connectivity index (χ3v) is 2.60. The predicted octanol–water partition coefficient (Wildman–Crippen LogP) is 3.97. The molecule has 0 saturated carbocycles. The van der Waals surface area contributed by atoms with Gasteiger partial charge in [0, 0.05) is 17.0 Å². The molecule has 0 N–H and O–H groups in total. The Balaban J connectivity index is 1.95. The summed E-state index contributed by atoms with van der Waals surface area (Å²) in [7, 11) is 0. The largest absolute Gasteiger partial charge is 0.448 e. The molecule has 1 aromatic heterocycles. The lowest BCUT2D eigenvalue weighted by atomic mass is 10.2. The van der Waals surface area contributed by atoms with Crippen molar-refractivity contribution in [3.63, 3.8) is 0 Å². The first-order valence-corrected chi connectivity index (χ1v) is 5.57. The molecule has 0 aliphatic heterocycles. The van der Waals surface area contributed by atoms with E-state index in [0.29, 0.717) is 5.76 Å². The Morgan fingerprint density at radius 2 is 1.67 bits per heavy atom. The van der Waals surface area contributed by atoms with Crippen molar-refractivity contribution in [3.8, 4) is 11.8 Å². The summed E-state index contributed by atoms with van der Waals surface area (Å²) in [6.45, 7) is 0. The molecule has 3 rings (SSSR count). The maximum absolute atomic E-state index is 12.7. The van der Waals surface area contributed by atoms with Gasteiger partial charge in [0.05, 0.1) is 0 Å². The van der Waals surface area contributed by atoms with Gasteiger partial charge in [-0.05, 0) is 36.3 Å². The second-order valence-electron chi connectivity index (χ2n) is 3.91. The lowest BCUT2D eigenvalue weighted by molar-refractivity contribution is 0.601. The van der Waals surface area contributed by atoms with Crippen LogP contribution in [0.1, 0.15) is 11.3 Å². The SMILES string of the molecule is Fc1ccc(C#Cc2cc3ccccc3o2)cc1. The average molecular weight is 236 g/mol. The number of furan rings is 1. The van der Waals surface area contributed by atoms with Gasteiger partial charge in [-0.1, -0.05) is 24.1 Å². The molecular weight excluding hydrogens is 227 g/mol. The van der Waals surface area contributed by atoms with Crippen LogP contribution in [0.15, 0.2) is 59.0 Å². The highest BCUT2D eigenvalue weighted by Crippen LogP contribution is 2.17. The van der Waals surface area contributed by atoms with E-state index in [-0.39, 0.29) is 5.82 Å². The predicted molar refractivity (Wildman–Crippen MR) is 68.6 cm³/mol. The van der Waals surface area contributed by atoms with Crippen LogP contribution in [0.5, 0.6) is 0 Å². The molecule has 0 amide bonds. The van der Waals surface area contributed by atoms with Gasteiger partial charge in [-0.25, -0.2) is 4.39 Å². The molecule has 0 aliphatic carbocycles. The summed E-state index contributed by atoms with van der Waals surface area (Å²) in [6, 6.07) is 15.7. The fourth-order valence-electron chi connectivity index (χ4n) is 1.71. The number of benzene rings is 2. The van der Waals surface area contributed by atoms with Crippen molar-refractivity contribution in [1.82, 2.24) is 0 Å². The zero-order valence-corrected chi connectivity index (χ0v) is 9.48. The molecule has 3 aromatic rings. The lowest BCUT2D eigenvalue weighted by Crippen LogP contribution is -1.75. The van der Waals surface area contributed by atoms with Crippen molar-refractivity contribution in [2.45, 2.75) is 0 Å². The summed E-state index contributed by atoms with van der Waals surface area (Å²) >= 11 is 0. The van der Waals surface area contributed by atoms with Gasteiger partial charge in [0.2, 0.25) is 0 Å². The highest BCUT2D eigenvalue weighted by atomic mass is 19.1. The van der Waals surface area contributed by atoms with E-state index in [9.17, 15) is 4.39 Å². The van der Waals surface area contributed by atoms with Gasteiger partial charge in [-0.2, -0.15) is 0 Å². The normalized spacial score (nSPS) is 10.1. The zero-order chi connectivity index (χ0) is 12.4. The summed E-state index contributed by atoms with van der Waals surface area (Å²) in [4.78, 5) is 0. The lowest BCUT2D eigenvalue weighted by Gasteiger charge is -1.88. The van der Waals surface area contributed by atoms with Gasteiger partial charge in [-0.3, -0.25) is 0 Å². The first-order valence-electron chi connectivity index (χ1n) is 5.57. The highest BCUT2D eigenvalue weighted by Gasteiger charge is 1.99. The number of hydrogen-bond acceptors (Lipinski definition) is 1. The molecule has 0 bridgehead atoms. The van der Waals surface area contributed by atoms with Crippen molar-refractivity contribution >= 4 is 11.0 Å². The quantitative estimate of drug-likeness (QED) is 0.538. The van der Waals surface area contributed by atoms with E-state index in [1.54, 1.807) is 12.1 Å². The summed E-state index contributed by atoms with van der Waals surface area (Å²) in [5.41, 5.74) is 1.58. The van der Waals surface area contributed by atoms with Gasteiger partial charge < -0.3 is 4.42 Å². The van der Waals surface area contributed by atoms with Crippen molar-refractivity contribution in [3.05, 3.63) is 71.7 Å². The number of para-hydroxylation sites is 1. The van der Waals surface area contributed by atoms with Gasteiger partial charge in [0.25, 0.3) is 0 Å². The van der Waals surface area contributed by atoms with E-state index in [1.165, 1.54) is 12.1 Å². The van der Waals surface area contributed by atoms with Crippen LogP contribution in [0.3, 0.4) is 0 Å². The van der Waals surface area contributed by atoms with Crippen LogP contribution in [0, 0.1) is 17.7 Å². The van der Waals surface area contributed by atoms with Crippen molar-refractivity contribution in [2.24, 2.45) is 0 Å². The van der Waals surface area contributed by atoms with E-state index < -0.39 is 0 Å². The average Bonchev–Trinajstić information content (AvgIpc) is 2.81. The van der Waals surface area contributed by atoms with E-state index in [1.807, 2.05) is 30.3 Å². The minimum atomic E-state index is -0.260. The summed E-state index contributed by atoms with van der Waals surface area (Å²) in [5, 5.41) is 1.03. The van der Waals surface area contributed by atoms with Crippen LogP contribution in [0.2, 0.25) is 0 Å². The molecule has 1 heterocycles. The molecule has 0 saturated heterocycles. The molecule has 0 atom stereocenters. The Morgan fingerprint density at radius 1 is 0.889 bits per heavy atom. The molecule has 0 unspecified atom stereocenters. The van der Waals surface area contributed by atoms with Crippen LogP contribution in [-0.4, -0.2) is 0 Å². The first-order chi connectivity index (χ1) is 8.81. The van der Waals surface area contributed by atoms with Crippen LogP contribution < -0.4 is 0 Å². The van der Waals surface area contributed by atoms with Gasteiger partial charge >= 0.3 is 0 Å². The monoisotopic (exact) mass is 236 g/mol. The molecule has 2 aromatic carbocycles. The molecule has 1 nitrogen and oxygen atoms in total. The second-order valence-corrected chi connectivity index (χ2v) is 3.91. The van der Waals surface area contributed by atoms with Gasteiger partial charge in [0.1, 0.15) is 11.4 Å². The van der Waals surface area contributed by atoms with Crippen molar-refractivity contribution < 1.29 is 8.81 Å². The minimum Gasteiger partial charge on any atom is -0.448 e. The number of hydrogen-bond donors (Lipinski definition) is 0. The van der Waals surface area contributed by atoms with Crippen LogP contribution >= 0.6 is 0 Å². The minimum absolute atomic E-state index is 0.260. The fraction of sp³-hybridized carbons (Fsp3) is 0. The summed E-state index contributed by atoms with van der Waals surface area (Å²) < 4.78 is 18.3. The number of rotatable bonds is 0. The van der Waals surface area contributed by atoms with Crippen LogP contribution in [0.25, 0.3) is 11.0 Å². The Kier molecular flexibility index (Phi) is 2.59. The highest BCUT2D eigenvalue weighted by molar-refractivity contribution is 5.78. The smallest absolute Gasteiger partial charge is 0.178 e. The number of halogens is 1. The molecule has 0 radical (unpaired) electrons.